The van der Waals surface area contributed by atoms with Gasteiger partial charge in [-0.2, -0.15) is 5.26 Å². The lowest BCUT2D eigenvalue weighted by molar-refractivity contribution is -0.129. The molecule has 0 spiro atoms. The van der Waals surface area contributed by atoms with Crippen LogP contribution in [0.1, 0.15) is 39.6 Å². The second kappa shape index (κ2) is 10.8. The predicted molar refractivity (Wildman–Crippen MR) is 145 cm³/mol. The maximum atomic E-state index is 13.0. The number of ether oxygens (including phenoxy) is 1. The molecule has 3 heterocycles. The fourth-order valence-electron chi connectivity index (χ4n) is 5.17. The van der Waals surface area contributed by atoms with Gasteiger partial charge in [0.25, 0.3) is 0 Å². The molecule has 1 saturated heterocycles. The Hall–Kier alpha value is -4.21. The van der Waals surface area contributed by atoms with Gasteiger partial charge in [-0.25, -0.2) is 4.98 Å². The molecule has 5 rings (SSSR count). The van der Waals surface area contributed by atoms with E-state index >= 15 is 0 Å². The molecule has 1 amide bonds. The summed E-state index contributed by atoms with van der Waals surface area (Å²) in [6.45, 7) is 6.79. The molecule has 186 valence electrons. The number of carbonyl (C=O) groups is 1. The summed E-state index contributed by atoms with van der Waals surface area (Å²) in [5.74, 6) is -0.0400. The molecule has 0 bridgehead atoms. The summed E-state index contributed by atoms with van der Waals surface area (Å²) in [6, 6.07) is 25.2. The maximum absolute atomic E-state index is 13.0. The fraction of sp³-hybridized carbons (Fsp3) is 0.258. The van der Waals surface area contributed by atoms with Crippen LogP contribution < -0.4 is 0 Å². The number of hydrogen-bond donors (Lipinski definition) is 0. The summed E-state index contributed by atoms with van der Waals surface area (Å²) in [6.07, 6.45) is 3.37. The summed E-state index contributed by atoms with van der Waals surface area (Å²) in [5, 5.41) is 11.1. The van der Waals surface area contributed by atoms with Crippen molar-refractivity contribution in [2.45, 2.75) is 26.3 Å². The number of rotatable bonds is 6. The standard InChI is InChI=1S/C31H30N4O2/c1-22-19-23(2)33-31-30(22)26(20-32)28(13-14-29(36)34-15-17-37-18-16-34)35(31)21-27(24-9-5-3-6-10-24)25-11-7-4-8-12-25/h3-14,19,27H,15-18,21H2,1-2H3. The van der Waals surface area contributed by atoms with Crippen molar-refractivity contribution >= 4 is 23.0 Å². The largest absolute Gasteiger partial charge is 0.378 e. The average molecular weight is 491 g/mol. The molecular formula is C31H30N4O2. The number of carbonyl (C=O) groups excluding carboxylic acids is 1. The molecule has 37 heavy (non-hydrogen) atoms. The summed E-state index contributed by atoms with van der Waals surface area (Å²) in [4.78, 5) is 19.6. The Bertz CT molecular complexity index is 1440. The van der Waals surface area contributed by atoms with Gasteiger partial charge in [-0.15, -0.1) is 0 Å². The van der Waals surface area contributed by atoms with Gasteiger partial charge in [0.15, 0.2) is 0 Å². The van der Waals surface area contributed by atoms with Crippen LogP contribution in [0, 0.1) is 25.2 Å². The van der Waals surface area contributed by atoms with Gasteiger partial charge in [-0.1, -0.05) is 60.7 Å². The van der Waals surface area contributed by atoms with Gasteiger partial charge in [0.05, 0.1) is 24.5 Å². The summed E-state index contributed by atoms with van der Waals surface area (Å²) in [7, 11) is 0. The number of fused-ring (bicyclic) bond motifs is 1. The molecule has 0 unspecified atom stereocenters. The average Bonchev–Trinajstić information content (AvgIpc) is 3.23. The topological polar surface area (TPSA) is 71.2 Å². The van der Waals surface area contributed by atoms with Crippen molar-refractivity contribution < 1.29 is 9.53 Å². The summed E-state index contributed by atoms with van der Waals surface area (Å²) >= 11 is 0. The van der Waals surface area contributed by atoms with E-state index in [0.717, 1.165) is 22.3 Å². The van der Waals surface area contributed by atoms with Crippen molar-refractivity contribution in [2.24, 2.45) is 0 Å². The molecule has 6 heteroatoms. The van der Waals surface area contributed by atoms with Crippen molar-refractivity contribution in [1.82, 2.24) is 14.5 Å². The molecule has 6 nitrogen and oxygen atoms in total. The number of aryl methyl sites for hydroxylation is 2. The lowest BCUT2D eigenvalue weighted by Gasteiger charge is -2.25. The molecule has 0 atom stereocenters. The first-order valence-corrected chi connectivity index (χ1v) is 12.6. The van der Waals surface area contributed by atoms with Crippen LogP contribution in [0.15, 0.2) is 72.8 Å². The van der Waals surface area contributed by atoms with E-state index in [9.17, 15) is 10.1 Å². The Morgan fingerprint density at radius 3 is 2.27 bits per heavy atom. The quantitative estimate of drug-likeness (QED) is 0.347. The predicted octanol–water partition coefficient (Wildman–Crippen LogP) is 5.23. The van der Waals surface area contributed by atoms with Gasteiger partial charge >= 0.3 is 0 Å². The molecule has 2 aromatic carbocycles. The van der Waals surface area contributed by atoms with E-state index in [1.807, 2.05) is 56.3 Å². The highest BCUT2D eigenvalue weighted by atomic mass is 16.5. The number of nitriles is 1. The van der Waals surface area contributed by atoms with E-state index in [1.165, 1.54) is 11.1 Å². The first-order chi connectivity index (χ1) is 18.1. The van der Waals surface area contributed by atoms with Crippen LogP contribution in [0.5, 0.6) is 0 Å². The molecular weight excluding hydrogens is 460 g/mol. The zero-order valence-electron chi connectivity index (χ0n) is 21.2. The molecule has 1 fully saturated rings. The lowest BCUT2D eigenvalue weighted by Crippen LogP contribution is -2.39. The van der Waals surface area contributed by atoms with Gasteiger partial charge in [0.2, 0.25) is 5.91 Å². The number of morpholine rings is 1. The monoisotopic (exact) mass is 490 g/mol. The van der Waals surface area contributed by atoms with Crippen LogP contribution in [0.4, 0.5) is 0 Å². The van der Waals surface area contributed by atoms with E-state index in [0.29, 0.717) is 44.1 Å². The minimum Gasteiger partial charge on any atom is -0.378 e. The van der Waals surface area contributed by atoms with Crippen molar-refractivity contribution in [1.29, 1.82) is 5.26 Å². The van der Waals surface area contributed by atoms with Crippen LogP contribution in [0.25, 0.3) is 17.1 Å². The normalized spacial score (nSPS) is 13.9. The van der Waals surface area contributed by atoms with E-state index in [4.69, 9.17) is 9.72 Å². The van der Waals surface area contributed by atoms with E-state index in [-0.39, 0.29) is 11.8 Å². The van der Waals surface area contributed by atoms with Crippen molar-refractivity contribution in [3.8, 4) is 6.07 Å². The van der Waals surface area contributed by atoms with Crippen LogP contribution >= 0.6 is 0 Å². The first kappa shape index (κ1) is 24.5. The van der Waals surface area contributed by atoms with Crippen LogP contribution in [0.2, 0.25) is 0 Å². The Balaban J connectivity index is 1.66. The number of amides is 1. The van der Waals surface area contributed by atoms with Gasteiger partial charge < -0.3 is 14.2 Å². The van der Waals surface area contributed by atoms with Crippen molar-refractivity contribution in [3.05, 3.63) is 106 Å². The molecule has 0 saturated carbocycles. The molecule has 4 aromatic rings. The smallest absolute Gasteiger partial charge is 0.246 e. The Morgan fingerprint density at radius 2 is 1.68 bits per heavy atom. The Morgan fingerprint density at radius 1 is 1.05 bits per heavy atom. The van der Waals surface area contributed by atoms with Gasteiger partial charge in [0.1, 0.15) is 11.7 Å². The SMILES string of the molecule is Cc1cc(C)c2c(C#N)c(C=CC(=O)N3CCOCC3)n(CC(c3ccccc3)c3ccccc3)c2n1. The first-order valence-electron chi connectivity index (χ1n) is 12.6. The minimum absolute atomic E-state index is 0.0363. The molecule has 1 aliphatic heterocycles. The Kier molecular flexibility index (Phi) is 7.16. The number of pyridine rings is 1. The Labute approximate surface area is 217 Å². The molecule has 1 aliphatic rings. The zero-order chi connectivity index (χ0) is 25.8. The second-order valence-corrected chi connectivity index (χ2v) is 9.41. The third-order valence-corrected chi connectivity index (χ3v) is 6.97. The highest BCUT2D eigenvalue weighted by Gasteiger charge is 2.24. The maximum Gasteiger partial charge on any atom is 0.246 e. The van der Waals surface area contributed by atoms with Gasteiger partial charge in [-0.05, 0) is 42.7 Å². The number of hydrogen-bond acceptors (Lipinski definition) is 4. The lowest BCUT2D eigenvalue weighted by atomic mass is 9.91. The van der Waals surface area contributed by atoms with Crippen molar-refractivity contribution in [3.63, 3.8) is 0 Å². The molecule has 2 aromatic heterocycles. The van der Waals surface area contributed by atoms with Crippen molar-refractivity contribution in [2.75, 3.05) is 26.3 Å². The summed E-state index contributed by atoms with van der Waals surface area (Å²) in [5.41, 5.74) is 6.27. The summed E-state index contributed by atoms with van der Waals surface area (Å²) < 4.78 is 7.50. The van der Waals surface area contributed by atoms with Gasteiger partial charge in [0, 0.05) is 42.7 Å². The second-order valence-electron chi connectivity index (χ2n) is 9.41. The van der Waals surface area contributed by atoms with E-state index in [2.05, 4.69) is 34.9 Å². The molecule has 0 N–H and O–H groups in total. The van der Waals surface area contributed by atoms with Crippen LogP contribution in [0.3, 0.4) is 0 Å². The fourth-order valence-corrected chi connectivity index (χ4v) is 5.17. The van der Waals surface area contributed by atoms with Crippen LogP contribution in [-0.2, 0) is 16.1 Å². The number of aromatic nitrogens is 2. The van der Waals surface area contributed by atoms with E-state index in [1.54, 1.807) is 17.1 Å². The minimum atomic E-state index is -0.0764. The zero-order valence-corrected chi connectivity index (χ0v) is 21.2. The van der Waals surface area contributed by atoms with Crippen LogP contribution in [-0.4, -0.2) is 46.7 Å². The van der Waals surface area contributed by atoms with E-state index < -0.39 is 0 Å². The third-order valence-electron chi connectivity index (χ3n) is 6.97. The molecule has 0 aliphatic carbocycles. The van der Waals surface area contributed by atoms with Gasteiger partial charge in [-0.3, -0.25) is 4.79 Å². The highest BCUT2D eigenvalue weighted by Crippen LogP contribution is 2.33. The third kappa shape index (κ3) is 5.04. The number of nitrogens with zero attached hydrogens (tertiary/aromatic N) is 4. The highest BCUT2D eigenvalue weighted by molar-refractivity contribution is 5.96. The molecule has 0 radical (unpaired) electrons. The number of benzene rings is 2.